The van der Waals surface area contributed by atoms with Gasteiger partial charge in [-0.15, -0.1) is 0 Å². The molecular formula is C35H40N4O13S4. The third kappa shape index (κ3) is 9.72. The summed E-state index contributed by atoms with van der Waals surface area (Å²) in [6.45, 7) is -0.940. The monoisotopic (exact) mass is 852 g/mol. The van der Waals surface area contributed by atoms with Gasteiger partial charge in [0.05, 0.1) is 47.2 Å². The third-order valence-corrected chi connectivity index (χ3v) is 14.8. The maximum Gasteiger partial charge on any atom is 0.333 e. The quantitative estimate of drug-likeness (QED) is 0.141. The fraction of sp³-hybridized carbons (Fsp3) is 0.314. The number of methoxy groups -OCH3 is 2. The van der Waals surface area contributed by atoms with E-state index in [0.717, 1.165) is 6.26 Å². The maximum atomic E-state index is 14.4. The van der Waals surface area contributed by atoms with Crippen molar-refractivity contribution in [3.8, 4) is 11.5 Å². The lowest BCUT2D eigenvalue weighted by Gasteiger charge is -2.34. The van der Waals surface area contributed by atoms with Crippen LogP contribution in [0.1, 0.15) is 12.8 Å². The number of hydrogen-bond acceptors (Lipinski definition) is 13. The number of esters is 2. The summed E-state index contributed by atoms with van der Waals surface area (Å²) in [6.07, 6.45) is 6.01. The first kappa shape index (κ1) is 42.7. The zero-order chi connectivity index (χ0) is 40.9. The van der Waals surface area contributed by atoms with Crippen molar-refractivity contribution in [1.82, 2.24) is 18.1 Å². The van der Waals surface area contributed by atoms with E-state index >= 15 is 0 Å². The molecule has 4 unspecified atom stereocenters. The Morgan fingerprint density at radius 2 is 0.982 bits per heavy atom. The molecule has 3 aromatic carbocycles. The van der Waals surface area contributed by atoms with Crippen LogP contribution in [-0.4, -0.2) is 112 Å². The van der Waals surface area contributed by atoms with E-state index in [2.05, 4.69) is 9.44 Å². The Hall–Kier alpha value is -4.48. The fourth-order valence-corrected chi connectivity index (χ4v) is 11.3. The van der Waals surface area contributed by atoms with Gasteiger partial charge < -0.3 is 14.2 Å². The van der Waals surface area contributed by atoms with Gasteiger partial charge in [-0.05, 0) is 73.5 Å². The molecule has 56 heavy (non-hydrogen) atoms. The average Bonchev–Trinajstić information content (AvgIpc) is 3.51. The number of nitrogens with zero attached hydrogens (tertiary/aromatic N) is 2. The van der Waals surface area contributed by atoms with Crippen LogP contribution in [-0.2, 0) is 54.4 Å². The molecule has 21 heteroatoms. The Bertz CT molecular complexity index is 2410. The lowest BCUT2D eigenvalue weighted by molar-refractivity contribution is -0.166. The molecule has 3 aromatic rings. The molecule has 0 fully saturated rings. The van der Waals surface area contributed by atoms with Gasteiger partial charge in [0.15, 0.2) is 0 Å². The molecule has 2 N–H and O–H groups in total. The van der Waals surface area contributed by atoms with Crippen LogP contribution in [0.5, 0.6) is 11.5 Å². The van der Waals surface area contributed by atoms with E-state index in [0.29, 0.717) is 20.1 Å². The van der Waals surface area contributed by atoms with Gasteiger partial charge in [-0.2, -0.15) is 8.61 Å². The molecule has 302 valence electrons. The SMILES string of the molecule is COc1ccc(S(=O)(=O)N2CC=CCC(NS(C)(=O)=O)C2C(=O)OC(=O)C2C(NS(=O)(=O)c3ccccc3)CC=CCN2S(=O)(=O)c2ccc(OC)cc2)cc1. The van der Waals surface area contributed by atoms with Crippen LogP contribution < -0.4 is 18.9 Å². The minimum atomic E-state index is -4.67. The van der Waals surface area contributed by atoms with E-state index in [-0.39, 0.29) is 27.5 Å². The molecule has 2 aliphatic heterocycles. The Morgan fingerprint density at radius 3 is 1.38 bits per heavy atom. The van der Waals surface area contributed by atoms with Crippen molar-refractivity contribution in [2.24, 2.45) is 0 Å². The Labute approximate surface area is 326 Å². The van der Waals surface area contributed by atoms with Crippen LogP contribution in [0.3, 0.4) is 0 Å². The normalized spacial score (nSPS) is 21.4. The first-order valence-corrected chi connectivity index (χ1v) is 23.1. The number of nitrogens with one attached hydrogen (secondary N) is 2. The summed E-state index contributed by atoms with van der Waals surface area (Å²) in [6, 6.07) is 10.2. The summed E-state index contributed by atoms with van der Waals surface area (Å²) in [5, 5.41) is 0. The van der Waals surface area contributed by atoms with Gasteiger partial charge in [0.25, 0.3) is 0 Å². The minimum Gasteiger partial charge on any atom is -0.497 e. The predicted molar refractivity (Wildman–Crippen MR) is 202 cm³/mol. The molecule has 0 amide bonds. The van der Waals surface area contributed by atoms with Gasteiger partial charge in [-0.3, -0.25) is 0 Å². The molecule has 0 spiro atoms. The smallest absolute Gasteiger partial charge is 0.333 e. The molecule has 0 saturated carbocycles. The van der Waals surface area contributed by atoms with Gasteiger partial charge in [0.1, 0.15) is 23.6 Å². The van der Waals surface area contributed by atoms with Crippen LogP contribution >= 0.6 is 0 Å². The van der Waals surface area contributed by atoms with Crippen molar-refractivity contribution in [1.29, 1.82) is 0 Å². The van der Waals surface area contributed by atoms with Gasteiger partial charge in [0.2, 0.25) is 40.1 Å². The number of hydrogen-bond donors (Lipinski definition) is 2. The number of carbonyl (C=O) groups excluding carboxylic acids is 2. The summed E-state index contributed by atoms with van der Waals surface area (Å²) in [7, 11) is -15.1. The fourth-order valence-electron chi connectivity index (χ4n) is 6.14. The highest BCUT2D eigenvalue weighted by Crippen LogP contribution is 2.29. The van der Waals surface area contributed by atoms with E-state index < -0.39 is 89.3 Å². The van der Waals surface area contributed by atoms with Gasteiger partial charge >= 0.3 is 11.9 Å². The molecule has 0 aliphatic carbocycles. The molecule has 17 nitrogen and oxygen atoms in total. The van der Waals surface area contributed by atoms with Crippen molar-refractivity contribution in [2.75, 3.05) is 33.6 Å². The summed E-state index contributed by atoms with van der Waals surface area (Å²) in [4.78, 5) is 27.9. The Balaban J connectivity index is 1.59. The van der Waals surface area contributed by atoms with Crippen molar-refractivity contribution < 1.29 is 57.5 Å². The average molecular weight is 853 g/mol. The van der Waals surface area contributed by atoms with E-state index in [1.165, 1.54) is 111 Å². The molecule has 2 aliphatic rings. The second kappa shape index (κ2) is 17.3. The van der Waals surface area contributed by atoms with E-state index in [4.69, 9.17) is 14.2 Å². The standard InChI is InChI=1S/C35H40N4O13S4/c1-50-25-15-19-28(20-16-25)55(46,47)38-23-9-7-13-30(36-53(3,42)43)32(38)34(40)52-35(41)33-31(37-54(44,45)27-11-5-4-6-12-27)14-8-10-24-39(33)56(48,49)29-21-17-26(51-2)18-22-29/h4-12,15-22,30-33,36-37H,13-14,23-24H2,1-3H3. The number of carbonyl (C=O) groups is 2. The molecule has 0 radical (unpaired) electrons. The van der Waals surface area contributed by atoms with Crippen molar-refractivity contribution >= 4 is 52.0 Å². The number of rotatable bonds is 13. The highest BCUT2D eigenvalue weighted by atomic mass is 32.2. The largest absolute Gasteiger partial charge is 0.497 e. The Kier molecular flexibility index (Phi) is 13.2. The van der Waals surface area contributed by atoms with E-state index in [1.807, 2.05) is 0 Å². The van der Waals surface area contributed by atoms with Crippen molar-refractivity contribution in [3.05, 3.63) is 103 Å². The number of benzene rings is 3. The van der Waals surface area contributed by atoms with Crippen LogP contribution in [0, 0.1) is 0 Å². The molecule has 0 saturated heterocycles. The topological polar surface area (TPSA) is 229 Å². The lowest BCUT2D eigenvalue weighted by atomic mass is 10.1. The lowest BCUT2D eigenvalue weighted by Crippen LogP contribution is -2.60. The maximum absolute atomic E-state index is 14.4. The van der Waals surface area contributed by atoms with Crippen molar-refractivity contribution in [3.63, 3.8) is 0 Å². The summed E-state index contributed by atoms with van der Waals surface area (Å²) in [5.74, 6) is -2.48. The van der Waals surface area contributed by atoms with Gasteiger partial charge in [0, 0.05) is 13.1 Å². The first-order valence-electron chi connectivity index (χ1n) is 16.8. The summed E-state index contributed by atoms with van der Waals surface area (Å²) in [5.41, 5.74) is 0. The number of ether oxygens (including phenoxy) is 3. The highest BCUT2D eigenvalue weighted by molar-refractivity contribution is 7.90. The third-order valence-electron chi connectivity index (χ3n) is 8.81. The van der Waals surface area contributed by atoms with Gasteiger partial charge in [-0.25, -0.2) is 52.7 Å². The molecule has 0 aromatic heterocycles. The second-order valence-electron chi connectivity index (χ2n) is 12.6. The molecule has 5 rings (SSSR count). The molecule has 2 heterocycles. The molecular weight excluding hydrogens is 813 g/mol. The molecule has 4 atom stereocenters. The van der Waals surface area contributed by atoms with Crippen molar-refractivity contribution in [2.45, 2.75) is 51.7 Å². The zero-order valence-corrected chi connectivity index (χ0v) is 33.6. The molecule has 0 bridgehead atoms. The van der Waals surface area contributed by atoms with E-state index in [9.17, 15) is 43.3 Å². The van der Waals surface area contributed by atoms with Crippen LogP contribution in [0.15, 0.2) is 118 Å². The first-order chi connectivity index (χ1) is 26.4. The zero-order valence-electron chi connectivity index (χ0n) is 30.3. The van der Waals surface area contributed by atoms with Gasteiger partial charge in [-0.1, -0.05) is 42.5 Å². The highest BCUT2D eigenvalue weighted by Gasteiger charge is 2.48. The summed E-state index contributed by atoms with van der Waals surface area (Å²) >= 11 is 0. The Morgan fingerprint density at radius 1 is 0.571 bits per heavy atom. The second-order valence-corrected chi connectivity index (χ2v) is 19.9. The van der Waals surface area contributed by atoms with Crippen LogP contribution in [0.4, 0.5) is 0 Å². The predicted octanol–water partition coefficient (Wildman–Crippen LogP) is 1.38. The van der Waals surface area contributed by atoms with E-state index in [1.54, 1.807) is 6.07 Å². The van der Waals surface area contributed by atoms with Crippen LogP contribution in [0.2, 0.25) is 0 Å². The van der Waals surface area contributed by atoms with Crippen LogP contribution in [0.25, 0.3) is 0 Å². The number of sulfonamides is 4. The summed E-state index contributed by atoms with van der Waals surface area (Å²) < 4.78 is 131. The minimum absolute atomic E-state index is 0.207.